The summed E-state index contributed by atoms with van der Waals surface area (Å²) < 4.78 is 5.22. The monoisotopic (exact) mass is 304 g/mol. The number of nitrogens with one attached hydrogen (secondary N) is 1. The van der Waals surface area contributed by atoms with Gasteiger partial charge in [-0.25, -0.2) is 4.98 Å². The molecule has 2 rings (SSSR count). The lowest BCUT2D eigenvalue weighted by atomic mass is 9.91. The Morgan fingerprint density at radius 2 is 2.14 bits per heavy atom. The summed E-state index contributed by atoms with van der Waals surface area (Å²) in [7, 11) is 0. The summed E-state index contributed by atoms with van der Waals surface area (Å²) in [5.41, 5.74) is 0.0443. The number of carbonyl (C=O) groups excluding carboxylic acids is 1. The number of nitriles is 1. The van der Waals surface area contributed by atoms with E-state index in [9.17, 15) is 4.79 Å². The minimum absolute atomic E-state index is 0.00702. The minimum Gasteiger partial charge on any atom is -0.434 e. The average Bonchev–Trinajstić information content (AvgIpc) is 2.84. The van der Waals surface area contributed by atoms with Gasteiger partial charge >= 0.3 is 0 Å². The Balaban J connectivity index is 1.92. The predicted octanol–water partition coefficient (Wildman–Crippen LogP) is 1.95. The summed E-state index contributed by atoms with van der Waals surface area (Å²) in [4.78, 5) is 18.4. The third kappa shape index (κ3) is 3.86. The number of amides is 1. The number of carbonyl (C=O) groups is 1. The molecule has 0 unspecified atom stereocenters. The van der Waals surface area contributed by atoms with E-state index in [2.05, 4.69) is 36.0 Å². The van der Waals surface area contributed by atoms with Crippen LogP contribution < -0.4 is 5.32 Å². The van der Waals surface area contributed by atoms with Crippen LogP contribution in [-0.4, -0.2) is 41.5 Å². The second kappa shape index (κ2) is 6.93. The molecule has 1 N–H and O–H groups in total. The number of hydrogen-bond acceptors (Lipinski definition) is 5. The normalized spacial score (nSPS) is 23.8. The molecule has 1 aliphatic rings. The molecule has 1 aromatic heterocycles. The summed E-state index contributed by atoms with van der Waals surface area (Å²) in [5.74, 6) is 1.33. The number of rotatable bonds is 4. The second-order valence-electron chi connectivity index (χ2n) is 6.48. The van der Waals surface area contributed by atoms with E-state index >= 15 is 0 Å². The lowest BCUT2D eigenvalue weighted by Crippen LogP contribution is -2.48. The number of aryl methyl sites for hydroxylation is 1. The molecule has 1 fully saturated rings. The molecule has 6 heteroatoms. The van der Waals surface area contributed by atoms with E-state index in [0.29, 0.717) is 24.3 Å². The van der Waals surface area contributed by atoms with Gasteiger partial charge in [-0.05, 0) is 25.2 Å². The lowest BCUT2D eigenvalue weighted by Gasteiger charge is -2.38. The van der Waals surface area contributed by atoms with Crippen LogP contribution in [0.5, 0.6) is 0 Å². The van der Waals surface area contributed by atoms with Gasteiger partial charge in [0.15, 0.2) is 11.6 Å². The first-order chi connectivity index (χ1) is 10.4. The van der Waals surface area contributed by atoms with E-state index in [4.69, 9.17) is 9.68 Å². The van der Waals surface area contributed by atoms with Gasteiger partial charge < -0.3 is 9.73 Å². The van der Waals surface area contributed by atoms with E-state index in [1.807, 2.05) is 6.07 Å². The van der Waals surface area contributed by atoms with Crippen molar-refractivity contribution in [3.05, 3.63) is 17.3 Å². The molecule has 2 heterocycles. The van der Waals surface area contributed by atoms with Crippen molar-refractivity contribution >= 4 is 5.91 Å². The molecule has 1 aromatic rings. The Kier molecular flexibility index (Phi) is 5.19. The standard InChI is InChI=1S/C16H24N4O2/c1-10-5-11(2)9-20(8-10)12(3)7-18-16(21)15-14(6-17)19-13(4)22-15/h10-12H,5,7-9H2,1-4H3,(H,18,21)/t10-,11+,12-/m1/s1. The van der Waals surface area contributed by atoms with E-state index in [1.54, 1.807) is 6.92 Å². The van der Waals surface area contributed by atoms with Crippen molar-refractivity contribution in [2.75, 3.05) is 19.6 Å². The Hall–Kier alpha value is -1.87. The fraction of sp³-hybridized carbons (Fsp3) is 0.688. The molecule has 0 saturated carbocycles. The Morgan fingerprint density at radius 3 is 2.73 bits per heavy atom. The molecule has 6 nitrogen and oxygen atoms in total. The Bertz CT molecular complexity index is 565. The zero-order chi connectivity index (χ0) is 16.3. The van der Waals surface area contributed by atoms with E-state index in [0.717, 1.165) is 13.1 Å². The third-order valence-corrected chi connectivity index (χ3v) is 4.12. The first-order valence-electron chi connectivity index (χ1n) is 7.80. The van der Waals surface area contributed by atoms with Gasteiger partial charge in [-0.15, -0.1) is 0 Å². The van der Waals surface area contributed by atoms with Crippen LogP contribution in [0.2, 0.25) is 0 Å². The van der Waals surface area contributed by atoms with Gasteiger partial charge in [-0.2, -0.15) is 5.26 Å². The number of nitrogens with zero attached hydrogens (tertiary/aromatic N) is 3. The van der Waals surface area contributed by atoms with Crippen LogP contribution in [0.25, 0.3) is 0 Å². The zero-order valence-electron chi connectivity index (χ0n) is 13.7. The van der Waals surface area contributed by atoms with Crippen LogP contribution in [0.3, 0.4) is 0 Å². The highest BCUT2D eigenvalue weighted by atomic mass is 16.4. The number of oxazole rings is 1. The molecule has 1 aliphatic heterocycles. The number of likely N-dealkylation sites (tertiary alicyclic amines) is 1. The summed E-state index contributed by atoms with van der Waals surface area (Å²) in [6, 6.07) is 2.14. The molecule has 1 amide bonds. The Labute approximate surface area is 131 Å². The van der Waals surface area contributed by atoms with Gasteiger partial charge in [-0.1, -0.05) is 13.8 Å². The van der Waals surface area contributed by atoms with Crippen LogP contribution in [0.1, 0.15) is 49.3 Å². The number of aromatic nitrogens is 1. The van der Waals surface area contributed by atoms with E-state index < -0.39 is 0 Å². The SMILES string of the molecule is Cc1nc(C#N)c(C(=O)NC[C@@H](C)N2C[C@H](C)C[C@H](C)C2)o1. The van der Waals surface area contributed by atoms with E-state index in [-0.39, 0.29) is 23.4 Å². The fourth-order valence-electron chi connectivity index (χ4n) is 3.18. The maximum Gasteiger partial charge on any atom is 0.290 e. The maximum atomic E-state index is 12.1. The van der Waals surface area contributed by atoms with Crippen LogP contribution in [0, 0.1) is 30.1 Å². The summed E-state index contributed by atoms with van der Waals surface area (Å²) in [6.07, 6.45) is 1.26. The van der Waals surface area contributed by atoms with Gasteiger partial charge in [0, 0.05) is 32.6 Å². The topological polar surface area (TPSA) is 82.2 Å². The van der Waals surface area contributed by atoms with Crippen molar-refractivity contribution in [1.82, 2.24) is 15.2 Å². The highest BCUT2D eigenvalue weighted by Gasteiger charge is 2.26. The molecule has 120 valence electrons. The van der Waals surface area contributed by atoms with Crippen LogP contribution in [0.4, 0.5) is 0 Å². The van der Waals surface area contributed by atoms with Crippen LogP contribution >= 0.6 is 0 Å². The second-order valence-corrected chi connectivity index (χ2v) is 6.48. The predicted molar refractivity (Wildman–Crippen MR) is 82.3 cm³/mol. The van der Waals surface area contributed by atoms with Gasteiger partial charge in [0.25, 0.3) is 5.91 Å². The van der Waals surface area contributed by atoms with Gasteiger partial charge in [0.1, 0.15) is 6.07 Å². The highest BCUT2D eigenvalue weighted by Crippen LogP contribution is 2.22. The summed E-state index contributed by atoms with van der Waals surface area (Å²) >= 11 is 0. The fourth-order valence-corrected chi connectivity index (χ4v) is 3.18. The summed E-state index contributed by atoms with van der Waals surface area (Å²) in [5, 5.41) is 11.8. The first kappa shape index (κ1) is 16.5. The molecular weight excluding hydrogens is 280 g/mol. The summed E-state index contributed by atoms with van der Waals surface area (Å²) in [6.45, 7) is 10.9. The molecule has 1 saturated heterocycles. The highest BCUT2D eigenvalue weighted by molar-refractivity contribution is 5.93. The molecule has 0 bridgehead atoms. The first-order valence-corrected chi connectivity index (χ1v) is 7.80. The van der Waals surface area contributed by atoms with Crippen molar-refractivity contribution in [3.63, 3.8) is 0 Å². The van der Waals surface area contributed by atoms with Crippen molar-refractivity contribution < 1.29 is 9.21 Å². The third-order valence-electron chi connectivity index (χ3n) is 4.12. The molecule has 3 atom stereocenters. The smallest absolute Gasteiger partial charge is 0.290 e. The molecule has 0 radical (unpaired) electrons. The molecular formula is C16H24N4O2. The quantitative estimate of drug-likeness (QED) is 0.919. The number of piperidine rings is 1. The van der Waals surface area contributed by atoms with Crippen LogP contribution in [0.15, 0.2) is 4.42 Å². The van der Waals surface area contributed by atoms with Gasteiger partial charge in [0.2, 0.25) is 5.76 Å². The van der Waals surface area contributed by atoms with Gasteiger partial charge in [-0.3, -0.25) is 9.69 Å². The zero-order valence-corrected chi connectivity index (χ0v) is 13.7. The number of hydrogen-bond donors (Lipinski definition) is 1. The average molecular weight is 304 g/mol. The molecule has 22 heavy (non-hydrogen) atoms. The molecule has 0 spiro atoms. The van der Waals surface area contributed by atoms with Crippen molar-refractivity contribution in [3.8, 4) is 6.07 Å². The maximum absolute atomic E-state index is 12.1. The van der Waals surface area contributed by atoms with Gasteiger partial charge in [0.05, 0.1) is 0 Å². The minimum atomic E-state index is -0.373. The van der Waals surface area contributed by atoms with Crippen LogP contribution in [-0.2, 0) is 0 Å². The lowest BCUT2D eigenvalue weighted by molar-refractivity contribution is 0.0846. The van der Waals surface area contributed by atoms with Crippen molar-refractivity contribution in [2.24, 2.45) is 11.8 Å². The molecule has 0 aliphatic carbocycles. The Morgan fingerprint density at radius 1 is 1.50 bits per heavy atom. The van der Waals surface area contributed by atoms with E-state index in [1.165, 1.54) is 6.42 Å². The largest absolute Gasteiger partial charge is 0.434 e. The van der Waals surface area contributed by atoms with Crippen molar-refractivity contribution in [1.29, 1.82) is 5.26 Å². The molecule has 0 aromatic carbocycles. The van der Waals surface area contributed by atoms with Crippen molar-refractivity contribution in [2.45, 2.75) is 40.2 Å².